The molecule has 298 valence electrons. The third-order valence-corrected chi connectivity index (χ3v) is 12.8. The van der Waals surface area contributed by atoms with Crippen molar-refractivity contribution >= 4 is 34.6 Å². The molecule has 0 unspecified atom stereocenters. The number of rotatable bonds is 35. The fraction of sp³-hybridized carbons (Fsp3) is 0.818. The first-order valence-corrected chi connectivity index (χ1v) is 23.5. The monoisotopic (exact) mass is 763 g/mol. The molecule has 0 amide bonds. The van der Waals surface area contributed by atoms with Crippen LogP contribution in [-0.4, -0.2) is 25.2 Å². The second-order valence-electron chi connectivity index (χ2n) is 15.1. The zero-order chi connectivity index (χ0) is 37.5. The topological polar surface area (TPSA) is 60.4 Å². The fourth-order valence-electron chi connectivity index (χ4n) is 6.93. The summed E-state index contributed by atoms with van der Waals surface area (Å²) in [7, 11) is 0. The van der Waals surface area contributed by atoms with E-state index in [1.54, 1.807) is 22.7 Å². The number of carbonyl (C=O) groups is 2. The van der Waals surface area contributed by atoms with Crippen LogP contribution in [0.5, 0.6) is 0 Å². The molecule has 2 rings (SSSR count). The fourth-order valence-corrected chi connectivity index (χ4v) is 8.95. The van der Waals surface area contributed by atoms with Gasteiger partial charge in [0.05, 0.1) is 35.8 Å². The summed E-state index contributed by atoms with van der Waals surface area (Å²) < 4.78 is 15.6. The lowest BCUT2D eigenvalue weighted by molar-refractivity contribution is -0.698. The number of aryl methyl sites for hydroxylation is 2. The second-order valence-corrected chi connectivity index (χ2v) is 16.9. The van der Waals surface area contributed by atoms with Gasteiger partial charge in [-0.15, -0.1) is 0 Å². The highest BCUT2D eigenvalue weighted by molar-refractivity contribution is 7.09. The van der Waals surface area contributed by atoms with Crippen LogP contribution in [0.15, 0.2) is 11.0 Å². The normalized spacial score (nSPS) is 11.4. The van der Waals surface area contributed by atoms with Crippen molar-refractivity contribution in [1.29, 1.82) is 0 Å². The maximum Gasteiger partial charge on any atom is 0.306 e. The number of nitrogens with zero attached hydrogens (tertiary/aromatic N) is 2. The Morgan fingerprint density at radius 3 is 1.08 bits per heavy atom. The Labute approximate surface area is 327 Å². The van der Waals surface area contributed by atoms with Gasteiger partial charge < -0.3 is 9.47 Å². The third kappa shape index (κ3) is 22.4. The van der Waals surface area contributed by atoms with Gasteiger partial charge in [0.25, 0.3) is 0 Å². The minimum atomic E-state index is -0.330. The molecule has 2 aromatic rings. The van der Waals surface area contributed by atoms with Crippen molar-refractivity contribution in [2.75, 3.05) is 13.2 Å². The van der Waals surface area contributed by atoms with Crippen molar-refractivity contribution in [1.82, 2.24) is 0 Å². The van der Waals surface area contributed by atoms with E-state index < -0.39 is 0 Å². The first kappa shape index (κ1) is 46.4. The molecule has 0 N–H and O–H groups in total. The number of esters is 2. The number of ether oxygens (including phenoxy) is 2. The molecule has 0 atom stereocenters. The van der Waals surface area contributed by atoms with E-state index in [0.29, 0.717) is 13.2 Å². The largest absolute Gasteiger partial charge is 0.465 e. The summed E-state index contributed by atoms with van der Waals surface area (Å²) in [5.74, 6) is -0.660. The van der Waals surface area contributed by atoms with Gasteiger partial charge in [0, 0.05) is 39.5 Å². The van der Waals surface area contributed by atoms with Crippen LogP contribution in [0.3, 0.4) is 0 Å². The summed E-state index contributed by atoms with van der Waals surface area (Å²) in [5.41, 5.74) is 6.98. The molecule has 0 bridgehead atoms. The summed E-state index contributed by atoms with van der Waals surface area (Å²) in [6.45, 7) is 11.7. The van der Waals surface area contributed by atoms with Crippen molar-refractivity contribution in [2.45, 2.75) is 221 Å². The van der Waals surface area contributed by atoms with E-state index in [9.17, 15) is 9.59 Å². The highest BCUT2D eigenvalue weighted by Gasteiger charge is 2.17. The molecule has 2 aromatic heterocycles. The van der Waals surface area contributed by atoms with Gasteiger partial charge >= 0.3 is 11.9 Å². The molecule has 0 saturated heterocycles. The van der Waals surface area contributed by atoms with Gasteiger partial charge in [0.2, 0.25) is 11.0 Å². The van der Waals surface area contributed by atoms with E-state index in [4.69, 9.17) is 9.47 Å². The molecule has 0 aliphatic carbocycles. The smallest absolute Gasteiger partial charge is 0.306 e. The van der Waals surface area contributed by atoms with Gasteiger partial charge in [-0.25, -0.2) is 0 Å². The Bertz CT molecular complexity index is 1090. The molecule has 0 aliphatic rings. The number of carbonyl (C=O) groups excluding carboxylic acids is 2. The summed E-state index contributed by atoms with van der Waals surface area (Å²) in [5, 5.41) is 0. The van der Waals surface area contributed by atoms with E-state index in [0.717, 1.165) is 25.9 Å². The maximum atomic E-state index is 12.3. The van der Waals surface area contributed by atoms with Crippen molar-refractivity contribution in [3.05, 3.63) is 32.2 Å². The van der Waals surface area contributed by atoms with Crippen LogP contribution in [0.25, 0.3) is 0 Å². The predicted octanol–water partition coefficient (Wildman–Crippen LogP) is 12.1. The van der Waals surface area contributed by atoms with Gasteiger partial charge in [-0.3, -0.25) is 9.59 Å². The Morgan fingerprint density at radius 1 is 0.481 bits per heavy atom. The van der Waals surface area contributed by atoms with E-state index in [1.165, 1.54) is 175 Å². The maximum absolute atomic E-state index is 12.3. The van der Waals surface area contributed by atoms with Crippen LogP contribution in [0.2, 0.25) is 0 Å². The van der Waals surface area contributed by atoms with E-state index in [-0.39, 0.29) is 24.8 Å². The molecule has 0 radical (unpaired) electrons. The molecule has 52 heavy (non-hydrogen) atoms. The molecule has 6 nitrogen and oxygen atoms in total. The number of aromatic nitrogens is 2. The highest BCUT2D eigenvalue weighted by Crippen LogP contribution is 2.16. The van der Waals surface area contributed by atoms with Gasteiger partial charge in [-0.1, -0.05) is 165 Å². The van der Waals surface area contributed by atoms with E-state index in [2.05, 4.69) is 47.9 Å². The molecule has 2 heterocycles. The van der Waals surface area contributed by atoms with Crippen LogP contribution in [-0.2, 0) is 45.0 Å². The van der Waals surface area contributed by atoms with Gasteiger partial charge in [-0.2, -0.15) is 9.13 Å². The molecule has 0 spiro atoms. The molecular weight excluding hydrogens is 685 g/mol. The van der Waals surface area contributed by atoms with E-state index >= 15 is 0 Å². The van der Waals surface area contributed by atoms with E-state index in [1.807, 2.05) is 0 Å². The van der Waals surface area contributed by atoms with Crippen LogP contribution in [0.1, 0.15) is 202 Å². The molecule has 8 heteroatoms. The molecule has 0 fully saturated rings. The average molecular weight is 763 g/mol. The average Bonchev–Trinajstić information content (AvgIpc) is 3.68. The third-order valence-electron chi connectivity index (χ3n) is 10.5. The van der Waals surface area contributed by atoms with Crippen molar-refractivity contribution in [3.8, 4) is 0 Å². The lowest BCUT2D eigenvalue weighted by Gasteiger charge is -2.05. The second kappa shape index (κ2) is 31.5. The Morgan fingerprint density at radius 2 is 0.769 bits per heavy atom. The minimum Gasteiger partial charge on any atom is -0.465 e. The number of hydrogen-bond acceptors (Lipinski definition) is 6. The molecule has 0 aromatic carbocycles. The summed E-state index contributed by atoms with van der Waals surface area (Å²) >= 11 is 3.49. The summed E-state index contributed by atoms with van der Waals surface area (Å²) in [4.78, 5) is 27.1. The quantitative estimate of drug-likeness (QED) is 0.0399. The number of thiazole rings is 2. The zero-order valence-corrected chi connectivity index (χ0v) is 35.8. The lowest BCUT2D eigenvalue weighted by Crippen LogP contribution is -2.34. The van der Waals surface area contributed by atoms with Crippen LogP contribution in [0, 0.1) is 13.8 Å². The first-order chi connectivity index (χ1) is 25.5. The molecular formula is C44H78N2O4S2+2. The Balaban J connectivity index is 1.46. The lowest BCUT2D eigenvalue weighted by atomic mass is 10.1. The predicted molar refractivity (Wildman–Crippen MR) is 219 cm³/mol. The van der Waals surface area contributed by atoms with Crippen LogP contribution in [0.4, 0.5) is 0 Å². The number of hydrogen-bond donors (Lipinski definition) is 0. The molecule has 0 saturated carbocycles. The summed E-state index contributed by atoms with van der Waals surface area (Å²) in [6.07, 6.45) is 34.4. The SMILES string of the molecule is CCCCCCCCCCCCCC[n+]1csc(CCOC(=O)CCC(=O)OCCc2sc[n+](CCCCCCCCCCCCCC)c2C)c1C. The highest BCUT2D eigenvalue weighted by atomic mass is 32.1. The van der Waals surface area contributed by atoms with Crippen molar-refractivity contribution < 1.29 is 28.2 Å². The Hall–Kier alpha value is -1.80. The zero-order valence-electron chi connectivity index (χ0n) is 34.1. The van der Waals surface area contributed by atoms with Crippen LogP contribution >= 0.6 is 22.7 Å². The minimum absolute atomic E-state index is 0.0677. The van der Waals surface area contributed by atoms with Crippen molar-refractivity contribution in [2.24, 2.45) is 0 Å². The first-order valence-electron chi connectivity index (χ1n) is 21.7. The summed E-state index contributed by atoms with van der Waals surface area (Å²) in [6, 6.07) is 0. The van der Waals surface area contributed by atoms with Gasteiger partial charge in [-0.05, 0) is 12.8 Å². The number of unbranched alkanes of at least 4 members (excludes halogenated alkanes) is 22. The standard InChI is InChI=1S/C44H78N2O4S2/c1-5-7-9-11-13-15-17-19-21-23-25-27-33-45-37-51-41(39(45)3)31-35-49-43(47)29-30-44(48)50-36-32-42-40(4)46(38-52-42)34-28-26-24-22-20-18-16-14-12-10-8-6-2/h37-38H,5-36H2,1-4H3/q+2. The van der Waals surface area contributed by atoms with Gasteiger partial charge in [0.1, 0.15) is 13.1 Å². The molecule has 0 aliphatic heterocycles. The van der Waals surface area contributed by atoms with Crippen LogP contribution < -0.4 is 9.13 Å². The Kier molecular flexibility index (Phi) is 28.1. The van der Waals surface area contributed by atoms with Crippen molar-refractivity contribution in [3.63, 3.8) is 0 Å². The van der Waals surface area contributed by atoms with Gasteiger partial charge in [0.15, 0.2) is 11.4 Å².